The van der Waals surface area contributed by atoms with Crippen LogP contribution in [0, 0.1) is 12.7 Å². The zero-order valence-corrected chi connectivity index (χ0v) is 18.6. The van der Waals surface area contributed by atoms with Gasteiger partial charge in [0.15, 0.2) is 0 Å². The summed E-state index contributed by atoms with van der Waals surface area (Å²) in [4.78, 5) is 18.1. The number of pyridine rings is 1. The third kappa shape index (κ3) is 2.96. The van der Waals surface area contributed by atoms with Crippen molar-refractivity contribution in [2.75, 3.05) is 6.26 Å². The van der Waals surface area contributed by atoms with E-state index in [1.165, 1.54) is 17.8 Å². The van der Waals surface area contributed by atoms with Crippen molar-refractivity contribution in [2.45, 2.75) is 18.4 Å². The first kappa shape index (κ1) is 19.3. The lowest BCUT2D eigenvalue weighted by Gasteiger charge is -2.11. The minimum atomic E-state index is -0.479. The summed E-state index contributed by atoms with van der Waals surface area (Å²) in [6, 6.07) is 13.0. The Morgan fingerprint density at radius 1 is 1.20 bits per heavy atom. The van der Waals surface area contributed by atoms with E-state index >= 15 is 0 Å². The Morgan fingerprint density at radius 3 is 2.83 bits per heavy atom. The van der Waals surface area contributed by atoms with Crippen molar-refractivity contribution in [1.82, 2.24) is 9.55 Å². The molecule has 3 heterocycles. The summed E-state index contributed by atoms with van der Waals surface area (Å²) in [6.07, 6.45) is 3.54. The Balaban J connectivity index is 1.89. The highest BCUT2D eigenvalue weighted by molar-refractivity contribution is 9.10. The van der Waals surface area contributed by atoms with Gasteiger partial charge in [-0.2, -0.15) is 0 Å². The lowest BCUT2D eigenvalue weighted by atomic mass is 10.1. The topological polar surface area (TPSA) is 48.0 Å². The van der Waals surface area contributed by atoms with Crippen LogP contribution < -0.4 is 5.63 Å². The van der Waals surface area contributed by atoms with Gasteiger partial charge in [0.2, 0.25) is 5.71 Å². The molecule has 4 nitrogen and oxygen atoms in total. The van der Waals surface area contributed by atoms with E-state index in [9.17, 15) is 9.18 Å². The summed E-state index contributed by atoms with van der Waals surface area (Å²) in [5.74, 6) is -0.325. The molecule has 0 saturated carbocycles. The van der Waals surface area contributed by atoms with Crippen molar-refractivity contribution >= 4 is 60.6 Å². The highest BCUT2D eigenvalue weighted by Crippen LogP contribution is 2.35. The van der Waals surface area contributed by atoms with E-state index in [4.69, 9.17) is 4.42 Å². The van der Waals surface area contributed by atoms with Crippen LogP contribution in [-0.2, 0) is 6.54 Å². The van der Waals surface area contributed by atoms with Crippen LogP contribution in [-0.4, -0.2) is 15.8 Å². The molecule has 0 atom stereocenters. The molecule has 5 rings (SSSR count). The van der Waals surface area contributed by atoms with E-state index in [1.54, 1.807) is 6.20 Å². The maximum atomic E-state index is 14.8. The number of nitrogens with zero attached hydrogens (tertiary/aromatic N) is 2. The van der Waals surface area contributed by atoms with Gasteiger partial charge in [-0.25, -0.2) is 14.2 Å². The molecule has 3 aromatic heterocycles. The molecular weight excluding hydrogens is 467 g/mol. The minimum absolute atomic E-state index is 0.215. The fourth-order valence-electron chi connectivity index (χ4n) is 3.94. The summed E-state index contributed by atoms with van der Waals surface area (Å²) in [5, 5.41) is 2.48. The lowest BCUT2D eigenvalue weighted by molar-refractivity contribution is 0.552. The van der Waals surface area contributed by atoms with Crippen molar-refractivity contribution in [3.63, 3.8) is 0 Å². The van der Waals surface area contributed by atoms with Gasteiger partial charge in [0.05, 0.1) is 6.54 Å². The monoisotopic (exact) mass is 482 g/mol. The number of hydrogen-bond donors (Lipinski definition) is 0. The summed E-state index contributed by atoms with van der Waals surface area (Å²) in [5.41, 5.74) is 2.68. The van der Waals surface area contributed by atoms with Gasteiger partial charge in [0.1, 0.15) is 11.3 Å². The molecule has 150 valence electrons. The normalized spacial score (nSPS) is 11.7. The molecular formula is C23H16BrFN2O2S. The van der Waals surface area contributed by atoms with Gasteiger partial charge in [-0.3, -0.25) is 0 Å². The van der Waals surface area contributed by atoms with Gasteiger partial charge in [-0.1, -0.05) is 11.6 Å². The van der Waals surface area contributed by atoms with E-state index in [0.29, 0.717) is 21.3 Å². The number of benzene rings is 2. The third-order valence-corrected chi connectivity index (χ3v) is 6.99. The van der Waals surface area contributed by atoms with Gasteiger partial charge in [0, 0.05) is 42.8 Å². The lowest BCUT2D eigenvalue weighted by Crippen LogP contribution is -2.09. The smallest absolute Gasteiger partial charge is 0.362 e. The molecule has 0 aliphatic rings. The molecule has 0 unspecified atom stereocenters. The highest BCUT2D eigenvalue weighted by Gasteiger charge is 2.20. The third-order valence-electron chi connectivity index (χ3n) is 5.29. The number of fused-ring (bicyclic) bond motifs is 5. The Kier molecular flexibility index (Phi) is 4.67. The summed E-state index contributed by atoms with van der Waals surface area (Å²) in [6.45, 7) is 2.22. The Morgan fingerprint density at radius 2 is 2.03 bits per heavy atom. The Bertz CT molecular complexity index is 1520. The molecule has 0 amide bonds. The largest absolute Gasteiger partial charge is 0.402 e. The fraction of sp³-hybridized carbons (Fsp3) is 0.130. The van der Waals surface area contributed by atoms with Crippen molar-refractivity contribution in [3.8, 4) is 0 Å². The van der Waals surface area contributed by atoms with Crippen molar-refractivity contribution in [1.29, 1.82) is 0 Å². The molecule has 0 N–H and O–H groups in total. The van der Waals surface area contributed by atoms with Crippen LogP contribution in [0.15, 0.2) is 67.2 Å². The van der Waals surface area contributed by atoms with E-state index in [1.807, 2.05) is 54.1 Å². The molecule has 0 spiro atoms. The Labute approximate surface area is 183 Å². The molecule has 0 saturated heterocycles. The number of aryl methyl sites for hydroxylation is 1. The fourth-order valence-corrected chi connectivity index (χ4v) is 5.25. The van der Waals surface area contributed by atoms with E-state index in [0.717, 1.165) is 32.1 Å². The first-order chi connectivity index (χ1) is 14.5. The maximum Gasteiger partial charge on any atom is 0.362 e. The second kappa shape index (κ2) is 7.25. The number of aromatic nitrogens is 2. The van der Waals surface area contributed by atoms with Gasteiger partial charge in [-0.15, -0.1) is 11.8 Å². The van der Waals surface area contributed by atoms with Gasteiger partial charge in [-0.05, 0) is 65.5 Å². The molecule has 30 heavy (non-hydrogen) atoms. The average Bonchev–Trinajstić information content (AvgIpc) is 3.04. The van der Waals surface area contributed by atoms with Crippen molar-refractivity contribution in [2.24, 2.45) is 0 Å². The van der Waals surface area contributed by atoms with Crippen LogP contribution >= 0.6 is 27.7 Å². The minimum Gasteiger partial charge on any atom is -0.402 e. The van der Waals surface area contributed by atoms with Gasteiger partial charge >= 0.3 is 5.63 Å². The zero-order valence-electron chi connectivity index (χ0n) is 16.2. The number of hydrogen-bond acceptors (Lipinski definition) is 4. The van der Waals surface area contributed by atoms with Crippen LogP contribution in [0.25, 0.3) is 32.9 Å². The first-order valence-electron chi connectivity index (χ1n) is 9.30. The first-order valence-corrected chi connectivity index (χ1v) is 11.3. The second-order valence-corrected chi connectivity index (χ2v) is 8.86. The molecule has 0 aliphatic carbocycles. The maximum absolute atomic E-state index is 14.8. The Hall–Kier alpha value is -2.64. The zero-order chi connectivity index (χ0) is 21.0. The SMILES string of the molecule is CSc1cc(Cn2c3ccc(C)cc3c3c4cccnc4oc(=O)c32)c(F)cc1Br. The molecule has 7 heteroatoms. The second-order valence-electron chi connectivity index (χ2n) is 7.15. The predicted octanol–water partition coefficient (Wildman–Crippen LogP) is 6.28. The highest BCUT2D eigenvalue weighted by atomic mass is 79.9. The molecule has 5 aromatic rings. The van der Waals surface area contributed by atoms with E-state index in [-0.39, 0.29) is 12.4 Å². The predicted molar refractivity (Wildman–Crippen MR) is 123 cm³/mol. The average molecular weight is 483 g/mol. The summed E-state index contributed by atoms with van der Waals surface area (Å²) >= 11 is 4.94. The molecule has 0 radical (unpaired) electrons. The van der Waals surface area contributed by atoms with E-state index < -0.39 is 5.63 Å². The number of thioether (sulfide) groups is 1. The van der Waals surface area contributed by atoms with Crippen LogP contribution in [0.3, 0.4) is 0 Å². The van der Waals surface area contributed by atoms with Crippen LogP contribution in [0.5, 0.6) is 0 Å². The molecule has 0 bridgehead atoms. The standard InChI is InChI=1S/C23H16BrFN2O2S/c1-12-5-6-18-15(8-12)20-14-4-3-7-26-22(14)29-23(28)21(20)27(18)11-13-9-19(30-2)16(24)10-17(13)25/h3-10H,11H2,1-2H3. The van der Waals surface area contributed by atoms with Crippen molar-refractivity contribution in [3.05, 3.63) is 80.5 Å². The van der Waals surface area contributed by atoms with Crippen LogP contribution in [0.2, 0.25) is 0 Å². The number of rotatable bonds is 3. The molecule has 0 aliphatic heterocycles. The summed E-state index contributed by atoms with van der Waals surface area (Å²) < 4.78 is 22.9. The summed E-state index contributed by atoms with van der Waals surface area (Å²) in [7, 11) is 0. The van der Waals surface area contributed by atoms with Gasteiger partial charge in [0.25, 0.3) is 0 Å². The van der Waals surface area contributed by atoms with Crippen molar-refractivity contribution < 1.29 is 8.81 Å². The van der Waals surface area contributed by atoms with E-state index in [2.05, 4.69) is 20.9 Å². The molecule has 2 aromatic carbocycles. The quantitative estimate of drug-likeness (QED) is 0.284. The molecule has 0 fully saturated rings. The van der Waals surface area contributed by atoms with Crippen LogP contribution in [0.1, 0.15) is 11.1 Å². The van der Waals surface area contributed by atoms with Crippen LogP contribution in [0.4, 0.5) is 4.39 Å². The van der Waals surface area contributed by atoms with Gasteiger partial charge < -0.3 is 8.98 Å². The number of halogens is 2.